The molecule has 158 valence electrons. The summed E-state index contributed by atoms with van der Waals surface area (Å²) in [5.74, 6) is -1.39. The average Bonchev–Trinajstić information content (AvgIpc) is 2.63. The fraction of sp³-hybridized carbons (Fsp3) is 0.619. The van der Waals surface area contributed by atoms with Crippen LogP contribution < -0.4 is 20.3 Å². The molecule has 7 heteroatoms. The number of rotatable bonds is 14. The minimum Gasteiger partial charge on any atom is -0.550 e. The average molecular weight is 395 g/mol. The fourth-order valence-corrected chi connectivity index (χ4v) is 2.78. The number of carbonyl (C=O) groups excluding carboxylic acids is 2. The lowest BCUT2D eigenvalue weighted by atomic mass is 9.95. The standard InChI is InChI=1S/C21H34N2O5/c1-5-6-7-8-12-27-16-10-9-11-17(13-16)28-15-19(24)18(14-20(25)26)21(22)23(2,3)4/h9-11,13,18,21H,5-8,12,14-15,22H2,1-4H3. The predicted molar refractivity (Wildman–Crippen MR) is 106 cm³/mol. The van der Waals surface area contributed by atoms with Gasteiger partial charge >= 0.3 is 0 Å². The molecule has 2 unspecified atom stereocenters. The maximum atomic E-state index is 12.6. The monoisotopic (exact) mass is 394 g/mol. The summed E-state index contributed by atoms with van der Waals surface area (Å²) in [5.41, 5.74) is 6.11. The molecule has 0 heterocycles. The Balaban J connectivity index is 2.64. The molecule has 0 saturated heterocycles. The molecule has 1 aromatic carbocycles. The lowest BCUT2D eigenvalue weighted by Crippen LogP contribution is -2.58. The molecule has 1 rings (SSSR count). The second kappa shape index (κ2) is 11.7. The van der Waals surface area contributed by atoms with E-state index in [0.717, 1.165) is 12.8 Å². The maximum Gasteiger partial charge on any atom is 0.181 e. The number of carboxylic acid groups (broad SMARTS) is 1. The highest BCUT2D eigenvalue weighted by Gasteiger charge is 2.34. The smallest absolute Gasteiger partial charge is 0.181 e. The molecule has 2 N–H and O–H groups in total. The zero-order valence-corrected chi connectivity index (χ0v) is 17.5. The van der Waals surface area contributed by atoms with Gasteiger partial charge < -0.3 is 23.9 Å². The number of hydrogen-bond acceptors (Lipinski definition) is 6. The summed E-state index contributed by atoms with van der Waals surface area (Å²) in [4.78, 5) is 23.6. The Morgan fingerprint density at radius 2 is 1.75 bits per heavy atom. The van der Waals surface area contributed by atoms with E-state index >= 15 is 0 Å². The molecule has 0 amide bonds. The van der Waals surface area contributed by atoms with Gasteiger partial charge in [0.15, 0.2) is 5.78 Å². The van der Waals surface area contributed by atoms with E-state index < -0.39 is 24.5 Å². The van der Waals surface area contributed by atoms with Crippen LogP contribution >= 0.6 is 0 Å². The molecule has 0 aliphatic rings. The Kier molecular flexibility index (Phi) is 9.96. The number of ketones is 1. The van der Waals surface area contributed by atoms with Crippen LogP contribution in [0, 0.1) is 5.92 Å². The zero-order valence-electron chi connectivity index (χ0n) is 17.5. The topological polar surface area (TPSA) is 102 Å². The van der Waals surface area contributed by atoms with Crippen LogP contribution in [0.3, 0.4) is 0 Å². The minimum atomic E-state index is -1.30. The summed E-state index contributed by atoms with van der Waals surface area (Å²) in [5, 5.41) is 11.0. The third-order valence-electron chi connectivity index (χ3n) is 4.56. The summed E-state index contributed by atoms with van der Waals surface area (Å²) in [6.07, 6.45) is 3.38. The number of aliphatic carboxylic acids is 1. The second-order valence-electron chi connectivity index (χ2n) is 7.93. The number of hydrogen-bond donors (Lipinski definition) is 1. The van der Waals surface area contributed by atoms with Gasteiger partial charge in [-0.2, -0.15) is 0 Å². The first-order valence-corrected chi connectivity index (χ1v) is 9.80. The molecular weight excluding hydrogens is 360 g/mol. The van der Waals surface area contributed by atoms with Gasteiger partial charge in [-0.1, -0.05) is 32.3 Å². The van der Waals surface area contributed by atoms with E-state index in [1.165, 1.54) is 12.8 Å². The van der Waals surface area contributed by atoms with Crippen LogP contribution in [-0.4, -0.2) is 56.8 Å². The van der Waals surface area contributed by atoms with Crippen molar-refractivity contribution in [2.24, 2.45) is 11.7 Å². The van der Waals surface area contributed by atoms with Gasteiger partial charge in [-0.25, -0.2) is 0 Å². The molecule has 0 spiro atoms. The first-order chi connectivity index (χ1) is 13.1. The van der Waals surface area contributed by atoms with Crippen molar-refractivity contribution in [1.29, 1.82) is 0 Å². The molecule has 0 aromatic heterocycles. The van der Waals surface area contributed by atoms with E-state index in [-0.39, 0.29) is 16.9 Å². The number of unbranched alkanes of at least 4 members (excludes halogenated alkanes) is 3. The Morgan fingerprint density at radius 3 is 2.32 bits per heavy atom. The number of benzene rings is 1. The second-order valence-corrected chi connectivity index (χ2v) is 7.93. The number of Topliss-reactive ketones (excluding diaryl/α,β-unsaturated/α-hetero) is 1. The van der Waals surface area contributed by atoms with Crippen molar-refractivity contribution in [1.82, 2.24) is 0 Å². The SMILES string of the molecule is CCCCCCOc1cccc(OCC(=O)C(CC(=O)[O-])C(N)[N+](C)(C)C)c1. The van der Waals surface area contributed by atoms with Gasteiger partial charge in [0.1, 0.15) is 24.3 Å². The van der Waals surface area contributed by atoms with E-state index in [2.05, 4.69) is 6.92 Å². The number of carboxylic acids is 1. The zero-order chi connectivity index (χ0) is 21.2. The predicted octanol–water partition coefficient (Wildman–Crippen LogP) is 1.34. The van der Waals surface area contributed by atoms with E-state index in [1.54, 1.807) is 18.2 Å². The van der Waals surface area contributed by atoms with Gasteiger partial charge in [-0.15, -0.1) is 0 Å². The van der Waals surface area contributed by atoms with Gasteiger partial charge in [-0.3, -0.25) is 10.5 Å². The van der Waals surface area contributed by atoms with Crippen molar-refractivity contribution in [3.05, 3.63) is 24.3 Å². The first kappa shape index (κ1) is 23.9. The lowest BCUT2D eigenvalue weighted by molar-refractivity contribution is -0.898. The maximum absolute atomic E-state index is 12.6. The van der Waals surface area contributed by atoms with E-state index in [0.29, 0.717) is 18.1 Å². The number of nitrogens with zero attached hydrogens (tertiary/aromatic N) is 1. The molecule has 2 atom stereocenters. The Hall–Kier alpha value is -2.12. The molecular formula is C21H34N2O5. The van der Waals surface area contributed by atoms with Gasteiger partial charge in [0.05, 0.1) is 33.7 Å². The van der Waals surface area contributed by atoms with Gasteiger partial charge in [0.25, 0.3) is 0 Å². The highest BCUT2D eigenvalue weighted by Crippen LogP contribution is 2.21. The third-order valence-corrected chi connectivity index (χ3v) is 4.56. The van der Waals surface area contributed by atoms with Gasteiger partial charge in [0.2, 0.25) is 0 Å². The summed E-state index contributed by atoms with van der Waals surface area (Å²) in [6.45, 7) is 2.54. The van der Waals surface area contributed by atoms with Crippen molar-refractivity contribution in [2.45, 2.75) is 45.2 Å². The fourth-order valence-electron chi connectivity index (χ4n) is 2.78. The number of nitrogens with two attached hydrogens (primary N) is 1. The van der Waals surface area contributed by atoms with Crippen LogP contribution in [-0.2, 0) is 9.59 Å². The minimum absolute atomic E-state index is 0.255. The van der Waals surface area contributed by atoms with Crippen molar-refractivity contribution in [2.75, 3.05) is 34.4 Å². The van der Waals surface area contributed by atoms with Crippen molar-refractivity contribution in [3.8, 4) is 11.5 Å². The molecule has 0 aliphatic carbocycles. The highest BCUT2D eigenvalue weighted by molar-refractivity contribution is 5.86. The first-order valence-electron chi connectivity index (χ1n) is 9.80. The number of carbonyl (C=O) groups is 2. The van der Waals surface area contributed by atoms with Crippen molar-refractivity contribution < 1.29 is 28.7 Å². The van der Waals surface area contributed by atoms with Crippen LogP contribution in [0.1, 0.15) is 39.0 Å². The van der Waals surface area contributed by atoms with E-state index in [1.807, 2.05) is 27.2 Å². The number of quaternary nitrogens is 1. The quantitative estimate of drug-likeness (QED) is 0.290. The Bertz CT molecular complexity index is 627. The molecule has 28 heavy (non-hydrogen) atoms. The van der Waals surface area contributed by atoms with Crippen molar-refractivity contribution >= 4 is 11.8 Å². The molecule has 0 radical (unpaired) electrons. The van der Waals surface area contributed by atoms with Crippen LogP contribution in [0.5, 0.6) is 11.5 Å². The van der Waals surface area contributed by atoms with Crippen LogP contribution in [0.2, 0.25) is 0 Å². The summed E-state index contributed by atoms with van der Waals surface area (Å²) < 4.78 is 11.5. The molecule has 1 aromatic rings. The normalized spacial score (nSPS) is 13.6. The van der Waals surface area contributed by atoms with E-state index in [9.17, 15) is 14.7 Å². The van der Waals surface area contributed by atoms with Gasteiger partial charge in [-0.05, 0) is 18.6 Å². The van der Waals surface area contributed by atoms with Crippen molar-refractivity contribution in [3.63, 3.8) is 0 Å². The molecule has 0 aliphatic heterocycles. The van der Waals surface area contributed by atoms with Crippen LogP contribution in [0.25, 0.3) is 0 Å². The molecule has 0 fully saturated rings. The van der Waals surface area contributed by atoms with Crippen LogP contribution in [0.4, 0.5) is 0 Å². The number of ether oxygens (including phenoxy) is 2. The largest absolute Gasteiger partial charge is 0.550 e. The molecule has 0 saturated carbocycles. The molecule has 7 nitrogen and oxygen atoms in total. The summed E-state index contributed by atoms with van der Waals surface area (Å²) >= 11 is 0. The third kappa shape index (κ3) is 8.71. The Labute approximate surface area is 168 Å². The highest BCUT2D eigenvalue weighted by atomic mass is 16.5. The lowest BCUT2D eigenvalue weighted by Gasteiger charge is -2.35. The Morgan fingerprint density at radius 1 is 1.11 bits per heavy atom. The summed E-state index contributed by atoms with van der Waals surface area (Å²) in [6, 6.07) is 7.07. The van der Waals surface area contributed by atoms with Gasteiger partial charge in [0, 0.05) is 18.5 Å². The van der Waals surface area contributed by atoms with Crippen LogP contribution in [0.15, 0.2) is 24.3 Å². The molecule has 0 bridgehead atoms. The summed E-state index contributed by atoms with van der Waals surface area (Å²) in [7, 11) is 5.42. The van der Waals surface area contributed by atoms with E-state index in [4.69, 9.17) is 15.2 Å².